The van der Waals surface area contributed by atoms with Crippen molar-refractivity contribution in [3.63, 3.8) is 0 Å². The van der Waals surface area contributed by atoms with Crippen LogP contribution >= 0.6 is 0 Å². The Labute approximate surface area is 220 Å². The van der Waals surface area contributed by atoms with Crippen molar-refractivity contribution in [3.05, 3.63) is 65.7 Å². The fraction of sp³-hybridized carbons (Fsp3) is 0.517. The van der Waals surface area contributed by atoms with Gasteiger partial charge in [-0.05, 0) is 57.4 Å². The van der Waals surface area contributed by atoms with Gasteiger partial charge in [-0.15, -0.1) is 0 Å². The van der Waals surface area contributed by atoms with Crippen molar-refractivity contribution >= 4 is 12.1 Å². The highest BCUT2D eigenvalue weighted by Gasteiger charge is 2.37. The van der Waals surface area contributed by atoms with Crippen LogP contribution < -0.4 is 4.74 Å². The first-order valence-corrected chi connectivity index (χ1v) is 12.9. The van der Waals surface area contributed by atoms with Gasteiger partial charge in [0.2, 0.25) is 0 Å². The van der Waals surface area contributed by atoms with Gasteiger partial charge >= 0.3 is 12.1 Å². The normalized spacial score (nSPS) is 18.0. The lowest BCUT2D eigenvalue weighted by atomic mass is 10.1. The van der Waals surface area contributed by atoms with Crippen molar-refractivity contribution in [1.29, 1.82) is 0 Å². The summed E-state index contributed by atoms with van der Waals surface area (Å²) in [6, 6.07) is 18.0. The van der Waals surface area contributed by atoms with Gasteiger partial charge in [0.05, 0.1) is 20.3 Å². The summed E-state index contributed by atoms with van der Waals surface area (Å²) in [6.07, 6.45) is 0.465. The van der Waals surface area contributed by atoms with E-state index in [-0.39, 0.29) is 25.2 Å². The topological polar surface area (TPSA) is 77.5 Å². The van der Waals surface area contributed by atoms with E-state index in [2.05, 4.69) is 21.9 Å². The molecule has 0 bridgehead atoms. The van der Waals surface area contributed by atoms with E-state index >= 15 is 0 Å². The van der Waals surface area contributed by atoms with Crippen LogP contribution in [0.1, 0.15) is 51.7 Å². The highest BCUT2D eigenvalue weighted by atomic mass is 16.7. The lowest BCUT2D eigenvalue weighted by Crippen LogP contribution is -2.46. The second-order valence-corrected chi connectivity index (χ2v) is 10.2. The molecule has 1 saturated heterocycles. The van der Waals surface area contributed by atoms with Gasteiger partial charge in [0, 0.05) is 32.1 Å². The number of nitrogens with zero attached hydrogens (tertiary/aromatic N) is 2. The number of rotatable bonds is 11. The quantitative estimate of drug-likeness (QED) is 0.389. The lowest BCUT2D eigenvalue weighted by molar-refractivity contribution is -0.156. The van der Waals surface area contributed by atoms with Gasteiger partial charge in [0.1, 0.15) is 11.4 Å². The number of likely N-dealkylation sites (tertiary alicyclic amines) is 1. The zero-order valence-corrected chi connectivity index (χ0v) is 22.6. The first-order valence-electron chi connectivity index (χ1n) is 12.9. The molecule has 2 atom stereocenters. The minimum Gasteiger partial charge on any atom is -0.497 e. The van der Waals surface area contributed by atoms with Gasteiger partial charge in [-0.25, -0.2) is 4.79 Å². The average molecular weight is 513 g/mol. The number of benzene rings is 2. The number of esters is 1. The molecule has 0 N–H and O–H groups in total. The Hall–Kier alpha value is -3.10. The molecule has 0 aliphatic carbocycles. The minimum absolute atomic E-state index is 0.0697. The molecule has 37 heavy (non-hydrogen) atoms. The maximum absolute atomic E-state index is 12.8. The molecule has 1 fully saturated rings. The molecule has 3 rings (SSSR count). The van der Waals surface area contributed by atoms with Crippen LogP contribution in [0.25, 0.3) is 0 Å². The van der Waals surface area contributed by atoms with E-state index in [1.54, 1.807) is 14.0 Å². The first kappa shape index (κ1) is 28.5. The molecular formula is C29H40N2O6. The Morgan fingerprint density at radius 2 is 1.70 bits per heavy atom. The summed E-state index contributed by atoms with van der Waals surface area (Å²) >= 11 is 0. The molecule has 0 unspecified atom stereocenters. The van der Waals surface area contributed by atoms with Crippen LogP contribution in [0.2, 0.25) is 0 Å². The molecule has 8 nitrogen and oxygen atoms in total. The van der Waals surface area contributed by atoms with Crippen molar-refractivity contribution in [3.8, 4) is 5.75 Å². The molecule has 0 amide bonds. The molecule has 0 spiro atoms. The Balaban J connectivity index is 1.79. The fourth-order valence-electron chi connectivity index (χ4n) is 4.54. The van der Waals surface area contributed by atoms with E-state index in [0.717, 1.165) is 23.3 Å². The van der Waals surface area contributed by atoms with Gasteiger partial charge in [0.25, 0.3) is 0 Å². The van der Waals surface area contributed by atoms with Gasteiger partial charge in [0.15, 0.2) is 6.23 Å². The summed E-state index contributed by atoms with van der Waals surface area (Å²) in [4.78, 5) is 29.2. The number of carbonyl (C=O) groups is 2. The third-order valence-electron chi connectivity index (χ3n) is 6.10. The van der Waals surface area contributed by atoms with Crippen molar-refractivity contribution in [1.82, 2.24) is 9.80 Å². The summed E-state index contributed by atoms with van der Waals surface area (Å²) in [6.45, 7) is 9.59. The summed E-state index contributed by atoms with van der Waals surface area (Å²) in [7, 11) is 1.64. The lowest BCUT2D eigenvalue weighted by Gasteiger charge is -2.33. The Morgan fingerprint density at radius 1 is 1.00 bits per heavy atom. The van der Waals surface area contributed by atoms with Crippen molar-refractivity contribution in [2.24, 2.45) is 0 Å². The maximum atomic E-state index is 12.8. The van der Waals surface area contributed by atoms with Gasteiger partial charge in [-0.2, -0.15) is 0 Å². The standard InChI is InChI=1S/C29H40N2O6/c1-6-35-28(33)36-26-17-14-24(31(26)19-22-10-8-7-9-11-22)20-30(21-27(32)37-29(2,3)4)18-23-12-15-25(34-5)16-13-23/h7-13,15-16,24,26H,6,14,17-21H2,1-5H3/t24-,26+/m0/s1. The van der Waals surface area contributed by atoms with Gasteiger partial charge in [-0.3, -0.25) is 14.6 Å². The monoisotopic (exact) mass is 512 g/mol. The van der Waals surface area contributed by atoms with Crippen molar-refractivity contribution < 1.29 is 28.5 Å². The van der Waals surface area contributed by atoms with Crippen LogP contribution in [-0.4, -0.2) is 66.6 Å². The molecule has 1 aliphatic rings. The first-order chi connectivity index (χ1) is 17.7. The Kier molecular flexibility index (Phi) is 10.3. The predicted octanol–water partition coefficient (Wildman–Crippen LogP) is 5.00. The van der Waals surface area contributed by atoms with E-state index < -0.39 is 18.0 Å². The molecule has 0 radical (unpaired) electrons. The number of hydrogen-bond donors (Lipinski definition) is 0. The molecule has 202 valence electrons. The summed E-state index contributed by atoms with van der Waals surface area (Å²) in [5, 5.41) is 0. The van der Waals surface area contributed by atoms with E-state index in [1.165, 1.54) is 0 Å². The fourth-order valence-corrected chi connectivity index (χ4v) is 4.54. The minimum atomic E-state index is -0.657. The number of ether oxygens (including phenoxy) is 4. The number of methoxy groups -OCH3 is 1. The largest absolute Gasteiger partial charge is 0.509 e. The van der Waals surface area contributed by atoms with Crippen LogP contribution in [0.3, 0.4) is 0 Å². The molecule has 2 aromatic carbocycles. The second-order valence-electron chi connectivity index (χ2n) is 10.2. The highest BCUT2D eigenvalue weighted by Crippen LogP contribution is 2.29. The molecule has 1 heterocycles. The van der Waals surface area contributed by atoms with E-state index in [4.69, 9.17) is 18.9 Å². The zero-order chi connectivity index (χ0) is 26.8. The number of hydrogen-bond acceptors (Lipinski definition) is 8. The smallest absolute Gasteiger partial charge is 0.497 e. The molecule has 2 aromatic rings. The van der Waals surface area contributed by atoms with Crippen LogP contribution in [0.5, 0.6) is 5.75 Å². The SMILES string of the molecule is CCOC(=O)O[C@@H]1CC[C@@H](CN(CC(=O)OC(C)(C)C)Cc2ccc(OC)cc2)N1Cc1ccccc1. The van der Waals surface area contributed by atoms with Crippen molar-refractivity contribution in [2.45, 2.75) is 71.5 Å². The average Bonchev–Trinajstić information content (AvgIpc) is 3.19. The molecule has 0 aromatic heterocycles. The van der Waals surface area contributed by atoms with Crippen LogP contribution in [0.4, 0.5) is 4.79 Å². The van der Waals surface area contributed by atoms with Crippen LogP contribution in [0.15, 0.2) is 54.6 Å². The van der Waals surface area contributed by atoms with Crippen LogP contribution in [0, 0.1) is 0 Å². The third-order valence-corrected chi connectivity index (χ3v) is 6.10. The van der Waals surface area contributed by atoms with E-state index in [1.807, 2.05) is 63.2 Å². The van der Waals surface area contributed by atoms with Crippen molar-refractivity contribution in [2.75, 3.05) is 26.8 Å². The molecular weight excluding hydrogens is 472 g/mol. The van der Waals surface area contributed by atoms with Crippen LogP contribution in [-0.2, 0) is 32.1 Å². The van der Waals surface area contributed by atoms with Gasteiger partial charge in [-0.1, -0.05) is 42.5 Å². The number of carbonyl (C=O) groups excluding carboxylic acids is 2. The van der Waals surface area contributed by atoms with Gasteiger partial charge < -0.3 is 18.9 Å². The zero-order valence-electron chi connectivity index (χ0n) is 22.6. The predicted molar refractivity (Wildman–Crippen MR) is 141 cm³/mol. The van der Waals surface area contributed by atoms with E-state index in [9.17, 15) is 9.59 Å². The summed E-state index contributed by atoms with van der Waals surface area (Å²) in [5.74, 6) is 0.513. The molecule has 0 saturated carbocycles. The van der Waals surface area contributed by atoms with E-state index in [0.29, 0.717) is 26.1 Å². The highest BCUT2D eigenvalue weighted by molar-refractivity contribution is 5.72. The second kappa shape index (κ2) is 13.4. The maximum Gasteiger partial charge on any atom is 0.509 e. The summed E-state index contributed by atoms with van der Waals surface area (Å²) in [5.41, 5.74) is 1.63. The third kappa shape index (κ3) is 9.37. The molecule has 8 heteroatoms. The Bertz CT molecular complexity index is 990. The molecule has 1 aliphatic heterocycles. The summed E-state index contributed by atoms with van der Waals surface area (Å²) < 4.78 is 21.6. The Morgan fingerprint density at radius 3 is 2.32 bits per heavy atom.